The number of carbonyl (C=O) groups excluding carboxylic acids is 1. The Balaban J connectivity index is 2.04. The molecule has 1 saturated carbocycles. The molecule has 1 aliphatic rings. The van der Waals surface area contributed by atoms with Crippen LogP contribution in [-0.4, -0.2) is 25.2 Å². The Hall–Kier alpha value is -0.920. The molecule has 5 nitrogen and oxygen atoms in total. The largest absolute Gasteiger partial charge is 0.325 e. The fraction of sp³-hybridized carbons (Fsp3) is 0.462. The number of carbonyl (C=O) groups is 1. The van der Waals surface area contributed by atoms with Crippen molar-refractivity contribution in [2.24, 2.45) is 0 Å². The number of hydrogen-bond donors (Lipinski definition) is 2. The summed E-state index contributed by atoms with van der Waals surface area (Å²) in [5.74, 6) is -0.140. The van der Waals surface area contributed by atoms with Crippen molar-refractivity contribution in [2.75, 3.05) is 5.32 Å². The van der Waals surface area contributed by atoms with Crippen molar-refractivity contribution in [3.05, 3.63) is 24.3 Å². The van der Waals surface area contributed by atoms with E-state index < -0.39 is 10.0 Å². The van der Waals surface area contributed by atoms with E-state index in [1.54, 1.807) is 12.1 Å². The van der Waals surface area contributed by atoms with E-state index in [2.05, 4.69) is 26.0 Å². The third-order valence-corrected chi connectivity index (χ3v) is 5.57. The van der Waals surface area contributed by atoms with Gasteiger partial charge in [-0.25, -0.2) is 13.1 Å². The molecule has 1 fully saturated rings. The van der Waals surface area contributed by atoms with E-state index in [1.807, 2.05) is 6.92 Å². The van der Waals surface area contributed by atoms with Crippen LogP contribution >= 0.6 is 15.9 Å². The molecule has 2 N–H and O–H groups in total. The first-order valence-electron chi connectivity index (χ1n) is 6.49. The molecule has 20 heavy (non-hydrogen) atoms. The SMILES string of the molecule is CCC(Br)C(=O)Nc1ccc(S(=O)(=O)NC2CC2)cc1. The van der Waals surface area contributed by atoms with Crippen LogP contribution in [0.25, 0.3) is 0 Å². The van der Waals surface area contributed by atoms with Crippen molar-refractivity contribution < 1.29 is 13.2 Å². The summed E-state index contributed by atoms with van der Waals surface area (Å²) in [6.45, 7) is 1.90. The summed E-state index contributed by atoms with van der Waals surface area (Å²) in [6.07, 6.45) is 2.48. The van der Waals surface area contributed by atoms with E-state index in [-0.39, 0.29) is 21.7 Å². The predicted molar refractivity (Wildman–Crippen MR) is 81.4 cm³/mol. The fourth-order valence-corrected chi connectivity index (χ4v) is 3.03. The van der Waals surface area contributed by atoms with E-state index in [9.17, 15) is 13.2 Å². The number of halogens is 1. The summed E-state index contributed by atoms with van der Waals surface area (Å²) in [7, 11) is -3.44. The van der Waals surface area contributed by atoms with Gasteiger partial charge in [-0.05, 0) is 43.5 Å². The van der Waals surface area contributed by atoms with Crippen molar-refractivity contribution in [3.8, 4) is 0 Å². The Morgan fingerprint density at radius 3 is 2.45 bits per heavy atom. The molecule has 1 unspecified atom stereocenters. The third-order valence-electron chi connectivity index (χ3n) is 2.97. The first-order valence-corrected chi connectivity index (χ1v) is 8.89. The van der Waals surface area contributed by atoms with Crippen LogP contribution in [0.2, 0.25) is 0 Å². The van der Waals surface area contributed by atoms with Gasteiger partial charge < -0.3 is 5.32 Å². The quantitative estimate of drug-likeness (QED) is 0.763. The number of hydrogen-bond acceptors (Lipinski definition) is 3. The first-order chi connectivity index (χ1) is 9.42. The number of nitrogens with one attached hydrogen (secondary N) is 2. The van der Waals surface area contributed by atoms with Crippen LogP contribution in [0.4, 0.5) is 5.69 Å². The van der Waals surface area contributed by atoms with E-state index in [1.165, 1.54) is 12.1 Å². The fourth-order valence-electron chi connectivity index (χ4n) is 1.61. The van der Waals surface area contributed by atoms with E-state index in [4.69, 9.17) is 0 Å². The lowest BCUT2D eigenvalue weighted by atomic mass is 10.3. The third kappa shape index (κ3) is 4.04. The highest BCUT2D eigenvalue weighted by Crippen LogP contribution is 2.23. The van der Waals surface area contributed by atoms with Gasteiger partial charge >= 0.3 is 0 Å². The van der Waals surface area contributed by atoms with Gasteiger partial charge in [-0.1, -0.05) is 22.9 Å². The zero-order valence-corrected chi connectivity index (χ0v) is 13.5. The predicted octanol–water partition coefficient (Wildman–Crippen LogP) is 2.24. The minimum atomic E-state index is -3.44. The Morgan fingerprint density at radius 2 is 1.95 bits per heavy atom. The van der Waals surface area contributed by atoms with Gasteiger partial charge in [-0.15, -0.1) is 0 Å². The average molecular weight is 361 g/mol. The number of benzene rings is 1. The first kappa shape index (κ1) is 15.5. The van der Waals surface area contributed by atoms with Crippen molar-refractivity contribution in [1.82, 2.24) is 4.72 Å². The number of amides is 1. The Labute approximate surface area is 127 Å². The van der Waals surface area contributed by atoms with Crippen LogP contribution in [0.1, 0.15) is 26.2 Å². The van der Waals surface area contributed by atoms with Crippen LogP contribution < -0.4 is 10.0 Å². The van der Waals surface area contributed by atoms with Gasteiger partial charge in [0.25, 0.3) is 0 Å². The topological polar surface area (TPSA) is 75.3 Å². The average Bonchev–Trinajstić information content (AvgIpc) is 3.21. The molecular weight excluding hydrogens is 344 g/mol. The molecule has 0 radical (unpaired) electrons. The minimum absolute atomic E-state index is 0.0816. The molecular formula is C13H17BrN2O3S. The maximum Gasteiger partial charge on any atom is 0.240 e. The van der Waals surface area contributed by atoms with Gasteiger partial charge in [-0.2, -0.15) is 0 Å². The smallest absolute Gasteiger partial charge is 0.240 e. The molecule has 0 bridgehead atoms. The summed E-state index contributed by atoms with van der Waals surface area (Å²) < 4.78 is 26.5. The van der Waals surface area contributed by atoms with E-state index in [0.717, 1.165) is 12.8 Å². The highest BCUT2D eigenvalue weighted by atomic mass is 79.9. The molecule has 0 aliphatic heterocycles. The van der Waals surface area contributed by atoms with Crippen LogP contribution in [0.15, 0.2) is 29.2 Å². The summed E-state index contributed by atoms with van der Waals surface area (Å²) in [6, 6.07) is 6.26. The second-order valence-corrected chi connectivity index (χ2v) is 7.60. The number of rotatable bonds is 6. The van der Waals surface area contributed by atoms with E-state index >= 15 is 0 Å². The summed E-state index contributed by atoms with van der Waals surface area (Å²) in [5.41, 5.74) is 0.582. The Bertz CT molecular complexity index is 582. The van der Waals surface area contributed by atoms with Crippen LogP contribution in [0, 0.1) is 0 Å². The maximum absolute atomic E-state index is 12.0. The van der Waals surface area contributed by atoms with Gasteiger partial charge in [0.2, 0.25) is 15.9 Å². The molecule has 1 amide bonds. The highest BCUT2D eigenvalue weighted by molar-refractivity contribution is 9.10. The maximum atomic E-state index is 12.0. The zero-order chi connectivity index (χ0) is 14.8. The number of sulfonamides is 1. The van der Waals surface area contributed by atoms with Gasteiger partial charge in [0.1, 0.15) is 0 Å². The molecule has 1 aromatic rings. The highest BCUT2D eigenvalue weighted by Gasteiger charge is 2.27. The number of anilines is 1. The van der Waals surface area contributed by atoms with Gasteiger partial charge in [0.15, 0.2) is 0 Å². The molecule has 1 atom stereocenters. The molecule has 1 aromatic carbocycles. The van der Waals surface area contributed by atoms with Gasteiger partial charge in [0, 0.05) is 11.7 Å². The molecule has 0 aromatic heterocycles. The van der Waals surface area contributed by atoms with Crippen molar-refractivity contribution in [2.45, 2.75) is 42.0 Å². The second kappa shape index (κ2) is 6.24. The lowest BCUT2D eigenvalue weighted by Crippen LogP contribution is -2.25. The van der Waals surface area contributed by atoms with Crippen LogP contribution in [0.5, 0.6) is 0 Å². The van der Waals surface area contributed by atoms with Gasteiger partial charge in [-0.3, -0.25) is 4.79 Å². The summed E-state index contributed by atoms with van der Waals surface area (Å²) in [5, 5.41) is 2.72. The van der Waals surface area contributed by atoms with Gasteiger partial charge in [0.05, 0.1) is 9.72 Å². The number of alkyl halides is 1. The molecule has 0 heterocycles. The van der Waals surface area contributed by atoms with Crippen LogP contribution in [0.3, 0.4) is 0 Å². The monoisotopic (exact) mass is 360 g/mol. The molecule has 1 aliphatic carbocycles. The van der Waals surface area contributed by atoms with Crippen molar-refractivity contribution in [1.29, 1.82) is 0 Å². The molecule has 0 saturated heterocycles. The Kier molecular flexibility index (Phi) is 4.82. The van der Waals surface area contributed by atoms with Crippen LogP contribution in [-0.2, 0) is 14.8 Å². The lowest BCUT2D eigenvalue weighted by molar-refractivity contribution is -0.115. The van der Waals surface area contributed by atoms with Crippen molar-refractivity contribution in [3.63, 3.8) is 0 Å². The molecule has 2 rings (SSSR count). The molecule has 0 spiro atoms. The Morgan fingerprint density at radius 1 is 1.35 bits per heavy atom. The molecule has 7 heteroatoms. The standard InChI is InChI=1S/C13H17BrN2O3S/c1-2-12(14)13(17)15-9-5-7-11(8-6-9)20(18,19)16-10-3-4-10/h5-8,10,12,16H,2-4H2,1H3,(H,15,17). The summed E-state index contributed by atoms with van der Waals surface area (Å²) in [4.78, 5) is 11.7. The zero-order valence-electron chi connectivity index (χ0n) is 11.1. The minimum Gasteiger partial charge on any atom is -0.325 e. The van der Waals surface area contributed by atoms with Crippen molar-refractivity contribution >= 4 is 37.5 Å². The molecule has 110 valence electrons. The van der Waals surface area contributed by atoms with E-state index in [0.29, 0.717) is 12.1 Å². The normalized spacial score (nSPS) is 16.7. The second-order valence-electron chi connectivity index (χ2n) is 4.78. The lowest BCUT2D eigenvalue weighted by Gasteiger charge is -2.10. The summed E-state index contributed by atoms with van der Waals surface area (Å²) >= 11 is 3.26.